The molecule has 4 aliphatic rings. The zero-order valence-electron chi connectivity index (χ0n) is 41.8. The Bertz CT molecular complexity index is 2040. The normalized spacial score (nSPS) is 30.3. The van der Waals surface area contributed by atoms with Crippen molar-refractivity contribution in [3.05, 3.63) is 109 Å². The second-order valence-electron chi connectivity index (χ2n) is 19.2. The maximum atomic E-state index is 12.7. The summed E-state index contributed by atoms with van der Waals surface area (Å²) in [7, 11) is 0. The third-order valence-electron chi connectivity index (χ3n) is 13.2. The number of carbonyl (C=O) groups is 5. The van der Waals surface area contributed by atoms with Crippen LogP contribution in [0.5, 0.6) is 0 Å². The molecule has 0 bridgehead atoms. The molecule has 4 heterocycles. The highest BCUT2D eigenvalue weighted by Crippen LogP contribution is 2.41. The summed E-state index contributed by atoms with van der Waals surface area (Å²) in [6.07, 6.45) is 6.34. The highest BCUT2D eigenvalue weighted by Gasteiger charge is 2.50. The van der Waals surface area contributed by atoms with E-state index in [1.165, 1.54) is 32.9 Å². The van der Waals surface area contributed by atoms with Gasteiger partial charge in [0.05, 0.1) is 69.2 Å². The third kappa shape index (κ3) is 16.4. The Labute approximate surface area is 408 Å². The van der Waals surface area contributed by atoms with Crippen molar-refractivity contribution in [2.24, 2.45) is 35.5 Å². The zero-order valence-corrected chi connectivity index (χ0v) is 41.8. The molecule has 0 aromatic heterocycles. The number of ketones is 2. The van der Waals surface area contributed by atoms with Gasteiger partial charge in [0.2, 0.25) is 6.29 Å². The van der Waals surface area contributed by atoms with Crippen LogP contribution in [0.4, 0.5) is 0 Å². The molecule has 0 aliphatic carbocycles. The van der Waals surface area contributed by atoms with Gasteiger partial charge < -0.3 is 42.6 Å². The van der Waals surface area contributed by atoms with E-state index < -0.39 is 24.5 Å². The molecule has 0 saturated carbocycles. The van der Waals surface area contributed by atoms with Gasteiger partial charge in [0.1, 0.15) is 12.2 Å². The molecule has 6 rings (SSSR count). The Kier molecular flexibility index (Phi) is 21.5. The summed E-state index contributed by atoms with van der Waals surface area (Å²) in [5.74, 6) is -1.55. The van der Waals surface area contributed by atoms with Gasteiger partial charge in [-0.15, -0.1) is 6.58 Å². The first kappa shape index (κ1) is 55.1. The maximum absolute atomic E-state index is 12.7. The van der Waals surface area contributed by atoms with Crippen molar-refractivity contribution in [2.45, 2.75) is 156 Å². The van der Waals surface area contributed by atoms with E-state index in [0.29, 0.717) is 45.7 Å². The molecule has 2 aromatic carbocycles. The molecule has 0 amide bonds. The molecule has 16 atom stereocenters. The maximum Gasteiger partial charge on any atom is 0.305 e. The van der Waals surface area contributed by atoms with E-state index in [1.54, 1.807) is 18.2 Å². The van der Waals surface area contributed by atoms with E-state index in [0.717, 1.165) is 11.1 Å². The minimum atomic E-state index is -0.904. The quantitative estimate of drug-likeness (QED) is 0.0666. The molecule has 2 fully saturated rings. The fourth-order valence-electron chi connectivity index (χ4n) is 9.70. The number of carbonyl (C=O) groups excluding carboxylic acids is 5. The van der Waals surface area contributed by atoms with E-state index >= 15 is 0 Å². The monoisotopic (exact) mass is 959 g/mol. The molecule has 4 aliphatic heterocycles. The first-order chi connectivity index (χ1) is 32.9. The largest absolute Gasteiger partial charge is 0.466 e. The smallest absolute Gasteiger partial charge is 0.305 e. The third-order valence-corrected chi connectivity index (χ3v) is 13.2. The molecule has 14 heteroatoms. The topological polar surface area (TPSA) is 168 Å². The van der Waals surface area contributed by atoms with Gasteiger partial charge in [0, 0.05) is 44.4 Å². The number of ether oxygens (including phenoxy) is 9. The lowest BCUT2D eigenvalue weighted by Crippen LogP contribution is -2.44. The van der Waals surface area contributed by atoms with Crippen molar-refractivity contribution in [3.8, 4) is 0 Å². The van der Waals surface area contributed by atoms with Crippen LogP contribution in [0.3, 0.4) is 0 Å². The van der Waals surface area contributed by atoms with Gasteiger partial charge in [-0.2, -0.15) is 0 Å². The van der Waals surface area contributed by atoms with Crippen molar-refractivity contribution in [2.75, 3.05) is 13.2 Å². The summed E-state index contributed by atoms with van der Waals surface area (Å²) >= 11 is 0. The lowest BCUT2D eigenvalue weighted by atomic mass is 9.84. The standard InChI is InChI=1S/C28H38O6.C27H36O8/c1-6-10-23-13-14-24(30)27(33-23)19(3)26-20(4)28(32-17-22-11-8-7-9-12-22)25(34-26)15-18(2)16-31-21(5)29;1-16(14-31-19(4)28)13-23-27(32-15-21-9-7-6-8-10-21)18(3)25(34-23)17(2)26-22(30)11-12-24(35-26)33-20(5)29/h6-9,11-14,18-20,23,25-28H,1,10,15-17H2,2-5H3;6-12,16-18,23-27H,13-15H2,1-5H3/t18-,19+,20+,23-,25-,26+,27?,28-;16-,17+,18+,23-,24?,25+,26?,27-/m11/s1. The number of esters is 3. The van der Waals surface area contributed by atoms with Gasteiger partial charge in [-0.25, -0.2) is 0 Å². The van der Waals surface area contributed by atoms with E-state index in [2.05, 4.69) is 20.4 Å². The Morgan fingerprint density at radius 1 is 0.623 bits per heavy atom. The molecule has 69 heavy (non-hydrogen) atoms. The average molecular weight is 959 g/mol. The number of hydrogen-bond donors (Lipinski definition) is 0. The second kappa shape index (κ2) is 27.0. The Hall–Kier alpha value is -4.83. The van der Waals surface area contributed by atoms with E-state index in [1.807, 2.05) is 88.4 Å². The Morgan fingerprint density at radius 2 is 1.06 bits per heavy atom. The van der Waals surface area contributed by atoms with Crippen LogP contribution in [0.25, 0.3) is 0 Å². The molecule has 2 saturated heterocycles. The number of rotatable bonds is 21. The molecule has 0 N–H and O–H groups in total. The fourth-order valence-corrected chi connectivity index (χ4v) is 9.70. The molecule has 2 aromatic rings. The molecule has 14 nitrogen and oxygen atoms in total. The molecular formula is C55H74O14. The highest BCUT2D eigenvalue weighted by molar-refractivity contribution is 5.95. The van der Waals surface area contributed by atoms with Gasteiger partial charge in [-0.05, 0) is 60.5 Å². The van der Waals surface area contributed by atoms with E-state index in [4.69, 9.17) is 42.6 Å². The summed E-state index contributed by atoms with van der Waals surface area (Å²) < 4.78 is 53.3. The minimum Gasteiger partial charge on any atom is -0.466 e. The van der Waals surface area contributed by atoms with Crippen LogP contribution in [0.1, 0.15) is 92.7 Å². The predicted octanol–water partition coefficient (Wildman–Crippen LogP) is 8.28. The number of hydrogen-bond acceptors (Lipinski definition) is 14. The van der Waals surface area contributed by atoms with Gasteiger partial charge in [0.15, 0.2) is 11.6 Å². The first-order valence-electron chi connectivity index (χ1n) is 24.4. The lowest BCUT2D eigenvalue weighted by Gasteiger charge is -2.33. The number of benzene rings is 2. The van der Waals surface area contributed by atoms with E-state index in [9.17, 15) is 24.0 Å². The van der Waals surface area contributed by atoms with Crippen LogP contribution in [0.15, 0.2) is 97.6 Å². The summed E-state index contributed by atoms with van der Waals surface area (Å²) in [5, 5.41) is 0. The molecule has 378 valence electrons. The fraction of sp³-hybridized carbons (Fsp3) is 0.582. The van der Waals surface area contributed by atoms with Gasteiger partial charge in [0.25, 0.3) is 0 Å². The summed E-state index contributed by atoms with van der Waals surface area (Å²) in [6, 6.07) is 20.0. The van der Waals surface area contributed by atoms with Crippen LogP contribution in [0, 0.1) is 35.5 Å². The summed E-state index contributed by atoms with van der Waals surface area (Å²) in [5.41, 5.74) is 2.16. The zero-order chi connectivity index (χ0) is 50.2. The van der Waals surface area contributed by atoms with Crippen LogP contribution in [-0.2, 0) is 79.8 Å². The van der Waals surface area contributed by atoms with Crippen LogP contribution in [-0.4, -0.2) is 104 Å². The van der Waals surface area contributed by atoms with Gasteiger partial charge in [-0.1, -0.05) is 114 Å². The highest BCUT2D eigenvalue weighted by atomic mass is 16.7. The molecule has 3 unspecified atom stereocenters. The van der Waals surface area contributed by atoms with Crippen molar-refractivity contribution in [3.63, 3.8) is 0 Å². The van der Waals surface area contributed by atoms with Crippen LogP contribution >= 0.6 is 0 Å². The first-order valence-corrected chi connectivity index (χ1v) is 24.4. The van der Waals surface area contributed by atoms with Gasteiger partial charge >= 0.3 is 17.9 Å². The van der Waals surface area contributed by atoms with Crippen LogP contribution in [0.2, 0.25) is 0 Å². The SMILES string of the molecule is C=CC[C@@H]1C=CC(=O)C([C@@H](C)[C@@H]2O[C@H](C[C@@H](C)COC(C)=O)[C@H](OCc3ccccc3)[C@H]2C)O1.CC(=O)OC[C@H](C)C[C@H]1O[C@@H]([C@H](C)C2OC(OC(C)=O)C=CC2=O)[C@H](C)[C@H]1OCc1ccccc1. The second-order valence-corrected chi connectivity index (χ2v) is 19.2. The molecular weight excluding hydrogens is 885 g/mol. The minimum absolute atomic E-state index is 0.0305. The average Bonchev–Trinajstić information content (AvgIpc) is 3.80. The van der Waals surface area contributed by atoms with Gasteiger partial charge in [-0.3, -0.25) is 24.0 Å². The molecule has 0 radical (unpaired) electrons. The van der Waals surface area contributed by atoms with Crippen molar-refractivity contribution in [1.29, 1.82) is 0 Å². The van der Waals surface area contributed by atoms with Crippen LogP contribution < -0.4 is 0 Å². The lowest BCUT2D eigenvalue weighted by molar-refractivity contribution is -0.189. The Balaban J connectivity index is 0.000000258. The Morgan fingerprint density at radius 3 is 1.48 bits per heavy atom. The predicted molar refractivity (Wildman–Crippen MR) is 257 cm³/mol. The molecule has 0 spiro atoms. The van der Waals surface area contributed by atoms with E-state index in [-0.39, 0.29) is 102 Å². The van der Waals surface area contributed by atoms with Crippen molar-refractivity contribution in [1.82, 2.24) is 0 Å². The van der Waals surface area contributed by atoms with Crippen molar-refractivity contribution < 1.29 is 66.6 Å². The summed E-state index contributed by atoms with van der Waals surface area (Å²) in [6.45, 7) is 21.6. The van der Waals surface area contributed by atoms with Crippen molar-refractivity contribution >= 4 is 29.5 Å². The summed E-state index contributed by atoms with van der Waals surface area (Å²) in [4.78, 5) is 59.2.